The second-order valence-corrected chi connectivity index (χ2v) is 32.9. The van der Waals surface area contributed by atoms with Crippen LogP contribution in [0, 0.1) is 0 Å². The molecular formula is C120H70O3. The van der Waals surface area contributed by atoms with Gasteiger partial charge in [-0.05, 0) is 257 Å². The summed E-state index contributed by atoms with van der Waals surface area (Å²) in [5, 5.41) is 28.5. The maximum atomic E-state index is 6.94. The minimum Gasteiger partial charge on any atom is -0.456 e. The summed E-state index contributed by atoms with van der Waals surface area (Å²) in [6, 6.07) is 156. The fourth-order valence-electron chi connectivity index (χ4n) is 21.0. The quantitative estimate of drug-likeness (QED) is 0.128. The second-order valence-electron chi connectivity index (χ2n) is 32.9. The van der Waals surface area contributed by atoms with E-state index >= 15 is 0 Å². The number of para-hydroxylation sites is 2. The molecule has 3 aromatic heterocycles. The topological polar surface area (TPSA) is 39.4 Å². The molecule has 0 spiro atoms. The molecule has 0 aliphatic rings. The highest BCUT2D eigenvalue weighted by Gasteiger charge is 2.26. The Hall–Kier alpha value is -16.2. The molecule has 0 saturated heterocycles. The lowest BCUT2D eigenvalue weighted by Gasteiger charge is -2.19. The lowest BCUT2D eigenvalue weighted by atomic mass is 9.84. The number of furan rings is 3. The number of benzene rings is 23. The molecule has 3 heteroatoms. The first-order valence-electron chi connectivity index (χ1n) is 42.4. The highest BCUT2D eigenvalue weighted by Crippen LogP contribution is 2.53. The van der Waals surface area contributed by atoms with Crippen molar-refractivity contribution in [3.8, 4) is 111 Å². The van der Waals surface area contributed by atoms with Crippen LogP contribution in [-0.2, 0) is 0 Å². The Morgan fingerprint density at radius 2 is 0.390 bits per heavy atom. The van der Waals surface area contributed by atoms with Crippen LogP contribution in [0.4, 0.5) is 0 Å². The van der Waals surface area contributed by atoms with Crippen LogP contribution in [0.15, 0.2) is 438 Å². The number of rotatable bonds is 10. The molecule has 0 unspecified atom stereocenters. The smallest absolute Gasteiger partial charge is 0.143 e. The molecule has 123 heavy (non-hydrogen) atoms. The van der Waals surface area contributed by atoms with Crippen molar-refractivity contribution in [2.75, 3.05) is 0 Å². The SMILES string of the molecule is c1ccc2c(-c3c4ccccc4c(-c4ccc(-c5cccc6c5oc5ccc(-c7cccc8c(-c9c%10ccccc%10c(-c%10ccc(-c%11ccc%12oc%13cc(-c%14cccc%15c(-c%16c%17ccccc%17c(-c%17ccc%18oc%19ccccc%19c%18c%17)c%17ccccc%16%17)cccc%14%15)ccc%13c%12c%11)cc%10)c%10ccccc9%10)cccc78)cc56)cc4)c4ccccc34)cccc2c1. The van der Waals surface area contributed by atoms with Gasteiger partial charge in [-0.25, -0.2) is 0 Å². The molecule has 0 saturated carbocycles. The lowest BCUT2D eigenvalue weighted by Crippen LogP contribution is -1.92. The zero-order chi connectivity index (χ0) is 80.5. The van der Waals surface area contributed by atoms with E-state index in [0.717, 1.165) is 105 Å². The van der Waals surface area contributed by atoms with Crippen LogP contribution in [0.5, 0.6) is 0 Å². The van der Waals surface area contributed by atoms with Crippen molar-refractivity contribution in [3.63, 3.8) is 0 Å². The Morgan fingerprint density at radius 1 is 0.114 bits per heavy atom. The third-order valence-corrected chi connectivity index (χ3v) is 26.5. The largest absolute Gasteiger partial charge is 0.456 e. The minimum absolute atomic E-state index is 0.859. The van der Waals surface area contributed by atoms with E-state index in [1.807, 2.05) is 6.07 Å². The van der Waals surface area contributed by atoms with Gasteiger partial charge < -0.3 is 13.3 Å². The number of hydrogen-bond acceptors (Lipinski definition) is 3. The predicted octanol–water partition coefficient (Wildman–Crippen LogP) is 34.4. The molecule has 0 fully saturated rings. The second kappa shape index (κ2) is 27.2. The fourth-order valence-corrected chi connectivity index (χ4v) is 21.0. The van der Waals surface area contributed by atoms with Gasteiger partial charge in [0.25, 0.3) is 0 Å². The van der Waals surface area contributed by atoms with E-state index in [1.54, 1.807) is 0 Å². The minimum atomic E-state index is 0.859. The van der Waals surface area contributed by atoms with Crippen LogP contribution in [0.1, 0.15) is 0 Å². The molecule has 0 amide bonds. The maximum absolute atomic E-state index is 6.94. The average molecular weight is 1560 g/mol. The van der Waals surface area contributed by atoms with Crippen LogP contribution in [0.3, 0.4) is 0 Å². The summed E-state index contributed by atoms with van der Waals surface area (Å²) < 4.78 is 20.1. The number of hydrogen-bond donors (Lipinski definition) is 0. The van der Waals surface area contributed by atoms with E-state index in [4.69, 9.17) is 13.3 Å². The summed E-state index contributed by atoms with van der Waals surface area (Å²) in [6.45, 7) is 0. The summed E-state index contributed by atoms with van der Waals surface area (Å²) >= 11 is 0. The molecule has 0 aliphatic heterocycles. The Kier molecular flexibility index (Phi) is 15.2. The van der Waals surface area contributed by atoms with Crippen LogP contribution < -0.4 is 0 Å². The van der Waals surface area contributed by atoms with Gasteiger partial charge in [-0.3, -0.25) is 0 Å². The van der Waals surface area contributed by atoms with Crippen molar-refractivity contribution in [2.24, 2.45) is 0 Å². The first-order valence-corrected chi connectivity index (χ1v) is 42.4. The Balaban J connectivity index is 0.510. The summed E-state index contributed by atoms with van der Waals surface area (Å²) in [7, 11) is 0. The monoisotopic (exact) mass is 1560 g/mol. The highest BCUT2D eigenvalue weighted by molar-refractivity contribution is 6.28. The molecule has 0 atom stereocenters. The van der Waals surface area contributed by atoms with Gasteiger partial charge in [0.15, 0.2) is 0 Å². The van der Waals surface area contributed by atoms with Gasteiger partial charge in [-0.1, -0.05) is 370 Å². The molecule has 23 aromatic carbocycles. The fraction of sp³-hybridized carbons (Fsp3) is 0. The first-order chi connectivity index (χ1) is 61.0. The standard InChI is InChI=1S/C120H70O3/c1-2-25-80-72(23-1)24-17-46-90(80)117-99-33-9-3-27-93(99)115(94-28-4-10-34-100(94)117)75-57-53-73(54-58-75)83-41-20-49-105-108-68-77(61-65-112(108)123-120(83)105)81-39-18-44-86-84(81)42-21-47-91(86)118-101-35-11-5-29-95(101)114(96-30-6-12-36-102(96)118)74-55-51-71(52-56-74)76-60-64-111-106(67-76)89-63-59-78(70-113(89)122-111)82-40-19-45-87-85(82)43-22-48-92(87)119-103-37-13-7-31-97(103)116(98-32-8-14-38-104(98)119)79-62-66-110-107(69-79)88-26-15-16-50-109(88)121-110/h1-70H. The van der Waals surface area contributed by atoms with E-state index in [-0.39, 0.29) is 0 Å². The van der Waals surface area contributed by atoms with E-state index in [9.17, 15) is 0 Å². The molecule has 26 rings (SSSR count). The molecule has 3 nitrogen and oxygen atoms in total. The Labute approximate surface area is 707 Å². The van der Waals surface area contributed by atoms with Gasteiger partial charge in [0, 0.05) is 37.9 Å². The summed E-state index contributed by atoms with van der Waals surface area (Å²) in [5.41, 5.74) is 28.9. The molecule has 568 valence electrons. The lowest BCUT2D eigenvalue weighted by molar-refractivity contribution is 0.668. The first kappa shape index (κ1) is 68.8. The van der Waals surface area contributed by atoms with Crippen molar-refractivity contribution in [1.29, 1.82) is 0 Å². The molecule has 0 N–H and O–H groups in total. The zero-order valence-electron chi connectivity index (χ0n) is 66.6. The Morgan fingerprint density at radius 3 is 0.894 bits per heavy atom. The Bertz CT molecular complexity index is 8820. The van der Waals surface area contributed by atoms with E-state index < -0.39 is 0 Å². The molecule has 0 aliphatic carbocycles. The zero-order valence-corrected chi connectivity index (χ0v) is 66.6. The van der Waals surface area contributed by atoms with Crippen molar-refractivity contribution in [1.82, 2.24) is 0 Å². The highest BCUT2D eigenvalue weighted by atomic mass is 16.3. The van der Waals surface area contributed by atoms with Crippen LogP contribution >= 0.6 is 0 Å². The van der Waals surface area contributed by atoms with Gasteiger partial charge in [0.05, 0.1) is 0 Å². The summed E-state index contributed by atoms with van der Waals surface area (Å²) in [4.78, 5) is 0. The molecule has 0 radical (unpaired) electrons. The molecule has 26 aromatic rings. The average Bonchev–Trinajstić information content (AvgIpc) is 1.52. The third kappa shape index (κ3) is 10.6. The van der Waals surface area contributed by atoms with E-state index in [0.29, 0.717) is 0 Å². The van der Waals surface area contributed by atoms with Crippen LogP contribution in [0.2, 0.25) is 0 Å². The van der Waals surface area contributed by atoms with E-state index in [2.05, 4.69) is 419 Å². The van der Waals surface area contributed by atoms with Crippen LogP contribution in [0.25, 0.3) is 274 Å². The third-order valence-electron chi connectivity index (χ3n) is 26.5. The van der Waals surface area contributed by atoms with Gasteiger partial charge in [0.1, 0.15) is 33.5 Å². The maximum Gasteiger partial charge on any atom is 0.143 e. The summed E-state index contributed by atoms with van der Waals surface area (Å²) in [5.74, 6) is 0. The van der Waals surface area contributed by atoms with Gasteiger partial charge in [-0.15, -0.1) is 0 Å². The predicted molar refractivity (Wildman–Crippen MR) is 520 cm³/mol. The van der Waals surface area contributed by atoms with Gasteiger partial charge >= 0.3 is 0 Å². The van der Waals surface area contributed by atoms with Crippen molar-refractivity contribution in [3.05, 3.63) is 425 Å². The molecule has 0 bridgehead atoms. The van der Waals surface area contributed by atoms with Crippen molar-refractivity contribution < 1.29 is 13.3 Å². The van der Waals surface area contributed by atoms with Crippen molar-refractivity contribution >= 4 is 163 Å². The normalized spacial score (nSPS) is 12.1. The van der Waals surface area contributed by atoms with Gasteiger partial charge in [0.2, 0.25) is 0 Å². The van der Waals surface area contributed by atoms with Crippen LogP contribution in [-0.4, -0.2) is 0 Å². The molecule has 3 heterocycles. The number of fused-ring (bicyclic) bond motifs is 18. The van der Waals surface area contributed by atoms with E-state index in [1.165, 1.54) is 169 Å². The van der Waals surface area contributed by atoms with Crippen molar-refractivity contribution in [2.45, 2.75) is 0 Å². The summed E-state index contributed by atoms with van der Waals surface area (Å²) in [6.07, 6.45) is 0. The van der Waals surface area contributed by atoms with Gasteiger partial charge in [-0.2, -0.15) is 0 Å². The molecular weight excluding hydrogens is 1490 g/mol.